The van der Waals surface area contributed by atoms with Gasteiger partial charge >= 0.3 is 6.09 Å². The van der Waals surface area contributed by atoms with Crippen molar-refractivity contribution in [2.45, 2.75) is 38.8 Å². The summed E-state index contributed by atoms with van der Waals surface area (Å²) in [6.07, 6.45) is 0.114. The first-order chi connectivity index (χ1) is 21.3. The number of halogens is 1. The van der Waals surface area contributed by atoms with E-state index in [4.69, 9.17) is 21.7 Å². The second-order valence-electron chi connectivity index (χ2n) is 11.3. The van der Waals surface area contributed by atoms with Gasteiger partial charge in [0, 0.05) is 64.2 Å². The molecule has 0 spiro atoms. The van der Waals surface area contributed by atoms with E-state index in [1.807, 2.05) is 36.1 Å². The van der Waals surface area contributed by atoms with Gasteiger partial charge in [0.2, 0.25) is 5.91 Å². The van der Waals surface area contributed by atoms with Crippen LogP contribution in [0.4, 0.5) is 20.6 Å². The minimum absolute atomic E-state index is 0.0500. The Balaban J connectivity index is 1.06. The Bertz CT molecular complexity index is 1350. The number of carbonyl (C=O) groups excluding carboxylic acids is 3. The van der Waals surface area contributed by atoms with Crippen molar-refractivity contribution in [3.63, 3.8) is 0 Å². The van der Waals surface area contributed by atoms with Gasteiger partial charge < -0.3 is 24.6 Å². The normalized spacial score (nSPS) is 19.2. The predicted octanol–water partition coefficient (Wildman–Crippen LogP) is 3.62. The lowest BCUT2D eigenvalue weighted by atomic mass is 10.0. The van der Waals surface area contributed by atoms with Gasteiger partial charge in [-0.15, -0.1) is 0 Å². The summed E-state index contributed by atoms with van der Waals surface area (Å²) in [5, 5.41) is 3.07. The number of ketones is 1. The average molecular weight is 626 g/mol. The molecular weight excluding hydrogens is 585 g/mol. The third-order valence-corrected chi connectivity index (χ3v) is 8.72. The van der Waals surface area contributed by atoms with Crippen molar-refractivity contribution < 1.29 is 28.2 Å². The molecule has 2 aromatic carbocycles. The van der Waals surface area contributed by atoms with E-state index in [0.29, 0.717) is 67.6 Å². The Morgan fingerprint density at radius 1 is 1.00 bits per heavy atom. The van der Waals surface area contributed by atoms with Crippen LogP contribution in [-0.2, 0) is 20.8 Å². The highest BCUT2D eigenvalue weighted by molar-refractivity contribution is 7.80. The lowest BCUT2D eigenvalue weighted by Crippen LogP contribution is -2.49. The van der Waals surface area contributed by atoms with Gasteiger partial charge in [0.25, 0.3) is 0 Å². The largest absolute Gasteiger partial charge is 0.442 e. The lowest BCUT2D eigenvalue weighted by Gasteiger charge is -2.36. The monoisotopic (exact) mass is 625 g/mol. The number of benzene rings is 2. The van der Waals surface area contributed by atoms with Crippen LogP contribution in [0.1, 0.15) is 42.1 Å². The molecule has 2 aromatic rings. The van der Waals surface area contributed by atoms with Gasteiger partial charge in [0.05, 0.1) is 42.7 Å². The number of cyclic esters (lactones) is 1. The molecule has 0 radical (unpaired) electrons. The predicted molar refractivity (Wildman–Crippen MR) is 170 cm³/mol. The summed E-state index contributed by atoms with van der Waals surface area (Å²) >= 11 is 5.16. The molecule has 236 valence electrons. The number of nitrogens with zero attached hydrogens (tertiary/aromatic N) is 4. The fourth-order valence-corrected chi connectivity index (χ4v) is 5.73. The van der Waals surface area contributed by atoms with Crippen LogP contribution in [-0.4, -0.2) is 104 Å². The number of piperazine rings is 1. The maximum Gasteiger partial charge on any atom is 0.414 e. The lowest BCUT2D eigenvalue weighted by molar-refractivity contribution is -0.131. The first-order valence-corrected chi connectivity index (χ1v) is 15.7. The molecule has 3 saturated heterocycles. The first-order valence-electron chi connectivity index (χ1n) is 15.3. The van der Waals surface area contributed by atoms with Crippen molar-refractivity contribution in [3.05, 3.63) is 59.4 Å². The molecule has 2 amide bonds. The van der Waals surface area contributed by atoms with Crippen molar-refractivity contribution in [1.29, 1.82) is 0 Å². The molecule has 3 aliphatic heterocycles. The average Bonchev–Trinajstić information content (AvgIpc) is 3.43. The molecule has 0 saturated carbocycles. The summed E-state index contributed by atoms with van der Waals surface area (Å²) in [5.41, 5.74) is 2.62. The minimum Gasteiger partial charge on any atom is -0.442 e. The van der Waals surface area contributed by atoms with Crippen LogP contribution in [0.5, 0.6) is 0 Å². The maximum absolute atomic E-state index is 15.2. The van der Waals surface area contributed by atoms with Crippen molar-refractivity contribution >= 4 is 46.4 Å². The van der Waals surface area contributed by atoms with E-state index in [1.165, 1.54) is 11.0 Å². The molecule has 3 fully saturated rings. The molecular formula is C32H40FN5O5S. The number of Topliss-reactive ketones (excluding diaryl/α,β-unsaturated/α-hetero) is 1. The van der Waals surface area contributed by atoms with Crippen molar-refractivity contribution in [2.24, 2.45) is 0 Å². The summed E-state index contributed by atoms with van der Waals surface area (Å²) < 4.78 is 26.0. The standard InChI is InChI=1S/C32H40FN5O5S/c1-2-30(44)34-20-26-22-38(32(41)43-26)25-7-8-28(27(33)19-25)36-11-13-37(14-12-36)31(40)10-9-29(39)24-5-3-23(4-6-24)21-35-15-17-42-18-16-35/h3-8,19,26H,2,9-18,20-22H2,1H3,(H,34,44). The van der Waals surface area contributed by atoms with Gasteiger partial charge in [0.1, 0.15) is 11.9 Å². The zero-order valence-electron chi connectivity index (χ0n) is 25.1. The van der Waals surface area contributed by atoms with Crippen molar-refractivity contribution in [1.82, 2.24) is 15.1 Å². The van der Waals surface area contributed by atoms with Crippen LogP contribution >= 0.6 is 12.2 Å². The number of hydrogen-bond acceptors (Lipinski definition) is 8. The molecule has 3 aliphatic rings. The molecule has 1 atom stereocenters. The Labute approximate surface area is 263 Å². The fourth-order valence-electron chi connectivity index (χ4n) is 5.64. The number of hydrogen-bond donors (Lipinski definition) is 1. The molecule has 0 aliphatic carbocycles. The Morgan fingerprint density at radius 2 is 1.73 bits per heavy atom. The summed E-state index contributed by atoms with van der Waals surface area (Å²) in [6, 6.07) is 12.4. The Hall–Kier alpha value is -3.61. The minimum atomic E-state index is -0.516. The van der Waals surface area contributed by atoms with Crippen LogP contribution < -0.4 is 15.1 Å². The molecule has 1 N–H and O–H groups in total. The summed E-state index contributed by atoms with van der Waals surface area (Å²) in [5.74, 6) is -0.564. The molecule has 1 unspecified atom stereocenters. The number of thiocarbonyl (C=S) groups is 1. The van der Waals surface area contributed by atoms with E-state index in [1.54, 1.807) is 17.0 Å². The number of anilines is 2. The first kappa shape index (κ1) is 31.8. The van der Waals surface area contributed by atoms with Gasteiger partial charge in [0.15, 0.2) is 5.78 Å². The van der Waals surface area contributed by atoms with E-state index >= 15 is 4.39 Å². The van der Waals surface area contributed by atoms with E-state index in [0.717, 1.165) is 38.4 Å². The van der Waals surface area contributed by atoms with E-state index in [-0.39, 0.29) is 30.6 Å². The summed E-state index contributed by atoms with van der Waals surface area (Å²) in [6.45, 7) is 8.62. The smallest absolute Gasteiger partial charge is 0.414 e. The summed E-state index contributed by atoms with van der Waals surface area (Å²) in [4.78, 5) is 46.1. The molecule has 12 heteroatoms. The van der Waals surface area contributed by atoms with E-state index < -0.39 is 11.9 Å². The van der Waals surface area contributed by atoms with E-state index in [9.17, 15) is 14.4 Å². The molecule has 0 bridgehead atoms. The van der Waals surface area contributed by atoms with Gasteiger partial charge in [-0.05, 0) is 30.2 Å². The number of carbonyl (C=O) groups is 3. The Kier molecular flexibility index (Phi) is 10.8. The van der Waals surface area contributed by atoms with Crippen LogP contribution in [0.15, 0.2) is 42.5 Å². The zero-order chi connectivity index (χ0) is 31.1. The van der Waals surface area contributed by atoms with Crippen molar-refractivity contribution in [3.8, 4) is 0 Å². The molecule has 44 heavy (non-hydrogen) atoms. The van der Waals surface area contributed by atoms with Gasteiger partial charge in [-0.1, -0.05) is 43.4 Å². The quantitative estimate of drug-likeness (QED) is 0.297. The Morgan fingerprint density at radius 3 is 2.41 bits per heavy atom. The number of amides is 2. The van der Waals surface area contributed by atoms with Crippen LogP contribution in [0, 0.1) is 5.82 Å². The molecule has 0 aromatic heterocycles. The summed E-state index contributed by atoms with van der Waals surface area (Å²) in [7, 11) is 0. The fraction of sp³-hybridized carbons (Fsp3) is 0.500. The SMILES string of the molecule is CCC(=S)NCC1CN(c2ccc(N3CCN(C(=O)CCC(=O)c4ccc(CN5CCOCC5)cc4)CC3)c(F)c2)C(=O)O1. The third-order valence-electron chi connectivity index (χ3n) is 8.29. The molecule has 3 heterocycles. The van der Waals surface area contributed by atoms with Crippen molar-refractivity contribution in [2.75, 3.05) is 75.4 Å². The molecule has 10 nitrogen and oxygen atoms in total. The third kappa shape index (κ3) is 8.10. The van der Waals surface area contributed by atoms with E-state index in [2.05, 4.69) is 10.2 Å². The van der Waals surface area contributed by atoms with Crippen LogP contribution in [0.3, 0.4) is 0 Å². The highest BCUT2D eigenvalue weighted by Gasteiger charge is 2.33. The van der Waals surface area contributed by atoms with Gasteiger partial charge in [-0.2, -0.15) is 0 Å². The second kappa shape index (κ2) is 14.9. The van der Waals surface area contributed by atoms with Crippen LogP contribution in [0.2, 0.25) is 0 Å². The zero-order valence-corrected chi connectivity index (χ0v) is 26.0. The van der Waals surface area contributed by atoms with Gasteiger partial charge in [-0.3, -0.25) is 19.4 Å². The number of rotatable bonds is 11. The number of morpholine rings is 1. The van der Waals surface area contributed by atoms with Crippen LogP contribution in [0.25, 0.3) is 0 Å². The molecule has 5 rings (SSSR count). The number of ether oxygens (including phenoxy) is 2. The maximum atomic E-state index is 15.2. The highest BCUT2D eigenvalue weighted by atomic mass is 32.1. The topological polar surface area (TPSA) is 94.7 Å². The number of nitrogens with one attached hydrogen (secondary N) is 1. The second-order valence-corrected chi connectivity index (χ2v) is 11.8. The highest BCUT2D eigenvalue weighted by Crippen LogP contribution is 2.28. The van der Waals surface area contributed by atoms with Gasteiger partial charge in [-0.25, -0.2) is 9.18 Å².